The molecule has 1 aliphatic heterocycles. The van der Waals surface area contributed by atoms with Gasteiger partial charge in [-0.1, -0.05) is 18.2 Å². The number of amidine groups is 1. The Bertz CT molecular complexity index is 1110. The van der Waals surface area contributed by atoms with Gasteiger partial charge in [-0.25, -0.2) is 4.39 Å². The highest BCUT2D eigenvalue weighted by Crippen LogP contribution is 2.29. The second-order valence-corrected chi connectivity index (χ2v) is 7.24. The van der Waals surface area contributed by atoms with E-state index in [4.69, 9.17) is 10.5 Å². The van der Waals surface area contributed by atoms with Gasteiger partial charge in [-0.15, -0.1) is 0 Å². The Balaban J connectivity index is 1.54. The van der Waals surface area contributed by atoms with E-state index in [1.165, 1.54) is 12.1 Å². The number of aromatic nitrogens is 1. The number of thioether (sulfide) groups is 1. The van der Waals surface area contributed by atoms with Gasteiger partial charge in [-0.2, -0.15) is 4.99 Å². The standard InChI is InChI=1S/C21H16FN3O2S/c22-15-4-1-13(2-5-15)8-10-27-18-7-9-24-17-6-3-14(11-16(17)18)12-19-20(26)25-21(23)28-19/h1-7,9,11-12H,8,10H2,(H2,23,25,26)/b19-12-. The van der Waals surface area contributed by atoms with E-state index >= 15 is 0 Å². The summed E-state index contributed by atoms with van der Waals surface area (Å²) in [6.07, 6.45) is 4.11. The fourth-order valence-corrected chi connectivity index (χ4v) is 3.54. The zero-order valence-corrected chi connectivity index (χ0v) is 15.6. The van der Waals surface area contributed by atoms with Crippen LogP contribution >= 0.6 is 11.8 Å². The van der Waals surface area contributed by atoms with Crippen LogP contribution in [0.4, 0.5) is 4.39 Å². The number of halogens is 1. The zero-order valence-electron chi connectivity index (χ0n) is 14.8. The van der Waals surface area contributed by atoms with Gasteiger partial charge in [-0.05, 0) is 59.3 Å². The van der Waals surface area contributed by atoms with Gasteiger partial charge in [0, 0.05) is 18.0 Å². The van der Waals surface area contributed by atoms with Crippen molar-refractivity contribution >= 4 is 39.8 Å². The molecule has 2 aromatic carbocycles. The molecule has 3 aromatic rings. The smallest absolute Gasteiger partial charge is 0.286 e. The van der Waals surface area contributed by atoms with Gasteiger partial charge in [0.15, 0.2) is 5.17 Å². The quantitative estimate of drug-likeness (QED) is 0.665. The van der Waals surface area contributed by atoms with Crippen molar-refractivity contribution in [3.05, 3.63) is 76.6 Å². The lowest BCUT2D eigenvalue weighted by Crippen LogP contribution is -2.02. The minimum absolute atomic E-state index is 0.252. The first-order chi connectivity index (χ1) is 13.6. The molecule has 2 heterocycles. The van der Waals surface area contributed by atoms with E-state index in [-0.39, 0.29) is 16.9 Å². The van der Waals surface area contributed by atoms with Crippen LogP contribution in [0.5, 0.6) is 5.75 Å². The van der Waals surface area contributed by atoms with Gasteiger partial charge in [0.2, 0.25) is 0 Å². The van der Waals surface area contributed by atoms with E-state index in [0.29, 0.717) is 23.7 Å². The summed E-state index contributed by atoms with van der Waals surface area (Å²) in [6, 6.07) is 13.9. The van der Waals surface area contributed by atoms with Crippen molar-refractivity contribution in [2.24, 2.45) is 10.7 Å². The summed E-state index contributed by atoms with van der Waals surface area (Å²) in [5, 5.41) is 1.10. The summed E-state index contributed by atoms with van der Waals surface area (Å²) in [5.74, 6) is 0.121. The predicted molar refractivity (Wildman–Crippen MR) is 110 cm³/mol. The largest absolute Gasteiger partial charge is 0.492 e. The predicted octanol–water partition coefficient (Wildman–Crippen LogP) is 3.92. The van der Waals surface area contributed by atoms with Gasteiger partial charge in [0.1, 0.15) is 11.6 Å². The molecule has 0 spiro atoms. The van der Waals surface area contributed by atoms with Crippen LogP contribution in [-0.2, 0) is 11.2 Å². The molecule has 0 saturated heterocycles. The van der Waals surface area contributed by atoms with Gasteiger partial charge in [-0.3, -0.25) is 9.78 Å². The summed E-state index contributed by atoms with van der Waals surface area (Å²) in [6.45, 7) is 0.453. The molecular weight excluding hydrogens is 377 g/mol. The minimum atomic E-state index is -0.329. The van der Waals surface area contributed by atoms with Gasteiger partial charge in [0.25, 0.3) is 5.91 Å². The van der Waals surface area contributed by atoms with Crippen molar-refractivity contribution < 1.29 is 13.9 Å². The average Bonchev–Trinajstić information content (AvgIpc) is 3.00. The normalized spacial score (nSPS) is 15.2. The van der Waals surface area contributed by atoms with E-state index in [9.17, 15) is 9.18 Å². The van der Waals surface area contributed by atoms with Crippen molar-refractivity contribution in [3.63, 3.8) is 0 Å². The molecule has 4 rings (SSSR count). The second-order valence-electron chi connectivity index (χ2n) is 6.18. The second kappa shape index (κ2) is 7.82. The molecule has 0 atom stereocenters. The van der Waals surface area contributed by atoms with Crippen molar-refractivity contribution in [2.45, 2.75) is 6.42 Å². The molecule has 1 amide bonds. The fourth-order valence-electron chi connectivity index (χ4n) is 2.86. The summed E-state index contributed by atoms with van der Waals surface area (Å²) in [4.78, 5) is 20.4. The number of pyridine rings is 1. The lowest BCUT2D eigenvalue weighted by Gasteiger charge is -2.10. The maximum atomic E-state index is 13.0. The molecule has 1 aromatic heterocycles. The van der Waals surface area contributed by atoms with E-state index in [1.807, 2.05) is 18.2 Å². The monoisotopic (exact) mass is 393 g/mol. The van der Waals surface area contributed by atoms with E-state index in [2.05, 4.69) is 9.98 Å². The van der Waals surface area contributed by atoms with E-state index in [1.54, 1.807) is 30.5 Å². The highest BCUT2D eigenvalue weighted by Gasteiger charge is 2.19. The molecule has 7 heteroatoms. The molecule has 0 saturated carbocycles. The average molecular weight is 393 g/mol. The van der Waals surface area contributed by atoms with Crippen LogP contribution < -0.4 is 10.5 Å². The van der Waals surface area contributed by atoms with Gasteiger partial charge >= 0.3 is 0 Å². The third kappa shape index (κ3) is 4.04. The first-order valence-corrected chi connectivity index (χ1v) is 9.44. The number of rotatable bonds is 5. The molecular formula is C21H16FN3O2S. The number of carbonyl (C=O) groups is 1. The first-order valence-electron chi connectivity index (χ1n) is 8.62. The Morgan fingerprint density at radius 3 is 2.71 bits per heavy atom. The van der Waals surface area contributed by atoms with Crippen LogP contribution in [0, 0.1) is 5.82 Å². The summed E-state index contributed by atoms with van der Waals surface area (Å²) in [7, 11) is 0. The van der Waals surface area contributed by atoms with Crippen LogP contribution in [0.15, 0.2) is 64.6 Å². The number of ether oxygens (including phenoxy) is 1. The van der Waals surface area contributed by atoms with Crippen molar-refractivity contribution in [3.8, 4) is 5.75 Å². The third-order valence-electron chi connectivity index (χ3n) is 4.22. The molecule has 0 aliphatic carbocycles. The van der Waals surface area contributed by atoms with Crippen molar-refractivity contribution in [2.75, 3.05) is 6.61 Å². The number of amides is 1. The number of aliphatic imine (C=N–C) groups is 1. The maximum Gasteiger partial charge on any atom is 0.286 e. The fraction of sp³-hybridized carbons (Fsp3) is 0.0952. The number of nitrogens with zero attached hydrogens (tertiary/aromatic N) is 2. The molecule has 1 aliphatic rings. The van der Waals surface area contributed by atoms with Crippen LogP contribution in [0.3, 0.4) is 0 Å². The van der Waals surface area contributed by atoms with Crippen molar-refractivity contribution in [1.29, 1.82) is 0 Å². The SMILES string of the molecule is NC1=NC(=O)/C(=C/c2ccc3nccc(OCCc4ccc(F)cc4)c3c2)S1. The van der Waals surface area contributed by atoms with Crippen LogP contribution in [-0.4, -0.2) is 22.7 Å². The summed E-state index contributed by atoms with van der Waals surface area (Å²) in [5.41, 5.74) is 8.23. The minimum Gasteiger partial charge on any atom is -0.492 e. The summed E-state index contributed by atoms with van der Waals surface area (Å²) < 4.78 is 18.9. The first kappa shape index (κ1) is 18.2. The highest BCUT2D eigenvalue weighted by atomic mass is 32.2. The number of hydrogen-bond acceptors (Lipinski definition) is 5. The van der Waals surface area contributed by atoms with E-state index in [0.717, 1.165) is 33.8 Å². The highest BCUT2D eigenvalue weighted by molar-refractivity contribution is 8.18. The Hall–Kier alpha value is -3.19. The van der Waals surface area contributed by atoms with Gasteiger partial charge in [0.05, 0.1) is 17.0 Å². The maximum absolute atomic E-state index is 13.0. The molecule has 2 N–H and O–H groups in total. The number of carbonyl (C=O) groups excluding carboxylic acids is 1. The van der Waals surface area contributed by atoms with Crippen LogP contribution in [0.1, 0.15) is 11.1 Å². The Morgan fingerprint density at radius 1 is 1.14 bits per heavy atom. The van der Waals surface area contributed by atoms with Gasteiger partial charge < -0.3 is 10.5 Å². The van der Waals surface area contributed by atoms with E-state index < -0.39 is 0 Å². The Kier molecular flexibility index (Phi) is 5.08. The Morgan fingerprint density at radius 2 is 1.96 bits per heavy atom. The molecule has 5 nitrogen and oxygen atoms in total. The third-order valence-corrected chi connectivity index (χ3v) is 5.03. The molecule has 140 valence electrons. The number of hydrogen-bond donors (Lipinski definition) is 1. The lowest BCUT2D eigenvalue weighted by molar-refractivity contribution is -0.113. The number of fused-ring (bicyclic) bond motifs is 1. The number of benzene rings is 2. The number of nitrogens with two attached hydrogens (primary N) is 1. The molecule has 0 unspecified atom stereocenters. The van der Waals surface area contributed by atoms with Crippen LogP contribution in [0.25, 0.3) is 17.0 Å². The molecule has 0 fully saturated rings. The molecule has 0 bridgehead atoms. The Labute approximate surface area is 165 Å². The molecule has 28 heavy (non-hydrogen) atoms. The lowest BCUT2D eigenvalue weighted by atomic mass is 10.1. The summed E-state index contributed by atoms with van der Waals surface area (Å²) >= 11 is 1.16. The molecule has 0 radical (unpaired) electrons. The zero-order chi connectivity index (χ0) is 19.5. The van der Waals surface area contributed by atoms with Crippen LogP contribution in [0.2, 0.25) is 0 Å². The topological polar surface area (TPSA) is 77.6 Å². The van der Waals surface area contributed by atoms with Crippen molar-refractivity contribution in [1.82, 2.24) is 4.98 Å².